The average molecular weight is 795 g/mol. The minimum absolute atomic E-state index is 0.0205. The first-order valence-electron chi connectivity index (χ1n) is 20.2. The van der Waals surface area contributed by atoms with Crippen molar-refractivity contribution in [2.45, 2.75) is 65.3 Å². The molecule has 0 bridgehead atoms. The van der Waals surface area contributed by atoms with E-state index in [1.54, 1.807) is 4.90 Å². The molecule has 6 aromatic rings. The van der Waals surface area contributed by atoms with E-state index in [4.69, 9.17) is 9.51 Å². The normalized spacial score (nSPS) is 16.3. The highest BCUT2D eigenvalue weighted by Crippen LogP contribution is 2.33. The van der Waals surface area contributed by atoms with Crippen molar-refractivity contribution < 1.29 is 18.9 Å². The van der Waals surface area contributed by atoms with Gasteiger partial charge in [0.25, 0.3) is 11.7 Å². The van der Waals surface area contributed by atoms with E-state index in [-0.39, 0.29) is 35.1 Å². The molecule has 0 radical (unpaired) electrons. The molecule has 2 fully saturated rings. The molecule has 0 spiro atoms. The Kier molecular flexibility index (Phi) is 10.7. The van der Waals surface area contributed by atoms with E-state index < -0.39 is 0 Å². The summed E-state index contributed by atoms with van der Waals surface area (Å²) in [6.45, 7) is 17.3. The molecule has 2 aliphatic rings. The van der Waals surface area contributed by atoms with Gasteiger partial charge in [-0.05, 0) is 78.4 Å². The van der Waals surface area contributed by atoms with Gasteiger partial charge in [0, 0.05) is 85.2 Å². The first-order chi connectivity index (χ1) is 28.3. The second-order valence-corrected chi connectivity index (χ2v) is 16.7. The fraction of sp³-hybridized carbons (Fsp3) is 0.356. The van der Waals surface area contributed by atoms with Crippen LogP contribution in [0.1, 0.15) is 86.2 Å². The number of hydrogen-bond donors (Lipinski definition) is 3. The number of amides is 4. The van der Waals surface area contributed by atoms with Crippen molar-refractivity contribution in [1.82, 2.24) is 40.9 Å². The van der Waals surface area contributed by atoms with E-state index in [2.05, 4.69) is 96.2 Å². The van der Waals surface area contributed by atoms with Gasteiger partial charge in [0.2, 0.25) is 11.8 Å². The number of aromatic nitrogens is 5. The molecule has 0 saturated carbocycles. The van der Waals surface area contributed by atoms with Crippen LogP contribution in [-0.4, -0.2) is 87.3 Å². The number of aryl methyl sites for hydroxylation is 1. The van der Waals surface area contributed by atoms with Crippen LogP contribution in [-0.2, 0) is 10.2 Å². The molecule has 1 unspecified atom stereocenters. The maximum atomic E-state index is 12.9. The number of nitrogens with one attached hydrogen (secondary N) is 3. The summed E-state index contributed by atoms with van der Waals surface area (Å²) in [7, 11) is 0. The van der Waals surface area contributed by atoms with Gasteiger partial charge in [-0.1, -0.05) is 69.2 Å². The van der Waals surface area contributed by atoms with Crippen LogP contribution in [0.3, 0.4) is 0 Å². The van der Waals surface area contributed by atoms with Crippen LogP contribution < -0.4 is 20.4 Å². The summed E-state index contributed by atoms with van der Waals surface area (Å²) >= 11 is 0. The van der Waals surface area contributed by atoms with E-state index in [9.17, 15) is 14.4 Å². The molecule has 2 saturated heterocycles. The number of carbonyl (C=O) groups excluding carboxylic acids is 3. The van der Waals surface area contributed by atoms with Gasteiger partial charge in [-0.2, -0.15) is 10.1 Å². The number of rotatable bonds is 10. The Morgan fingerprint density at radius 2 is 1.59 bits per heavy atom. The maximum absolute atomic E-state index is 12.9. The standard InChI is InChI=1S/C45H50N10O4/c1-27-23-32(11-16-36(27)29(3)47-42(57)41-49-43(59-52-41)45(4,5)6)39-37-24-33(25-46-40(37)51-50-39)31-9-12-34(13-10-31)54-21-19-53(20-22-54)26-28(2)30-7-14-35(15-8-30)55-18-17-38(56)48-44(55)58/h7-16,23-25,28-29H,17-22,26H2,1-6H3,(H,47,57)(H,46,50,51)(H,48,56,58)/t28?,29-/m1/s1. The van der Waals surface area contributed by atoms with Crippen LogP contribution in [0.4, 0.5) is 16.2 Å². The zero-order valence-corrected chi connectivity index (χ0v) is 34.4. The molecule has 14 nitrogen and oxygen atoms in total. The smallest absolute Gasteiger partial charge is 0.328 e. The summed E-state index contributed by atoms with van der Waals surface area (Å²) in [6, 6.07) is 24.5. The van der Waals surface area contributed by atoms with E-state index >= 15 is 0 Å². The van der Waals surface area contributed by atoms with E-state index in [1.165, 1.54) is 11.3 Å². The summed E-state index contributed by atoms with van der Waals surface area (Å²) in [5.41, 5.74) is 9.48. The van der Waals surface area contributed by atoms with Gasteiger partial charge < -0.3 is 14.7 Å². The highest BCUT2D eigenvalue weighted by Gasteiger charge is 2.27. The lowest BCUT2D eigenvalue weighted by atomic mass is 9.97. The molecule has 0 aliphatic carbocycles. The molecule has 59 heavy (non-hydrogen) atoms. The average Bonchev–Trinajstić information content (AvgIpc) is 3.90. The fourth-order valence-electron chi connectivity index (χ4n) is 7.89. The topological polar surface area (TPSA) is 165 Å². The number of aromatic amines is 1. The summed E-state index contributed by atoms with van der Waals surface area (Å²) in [6.07, 6.45) is 2.18. The Morgan fingerprint density at radius 3 is 2.27 bits per heavy atom. The van der Waals surface area contributed by atoms with Crippen LogP contribution in [0.25, 0.3) is 33.4 Å². The molecule has 5 heterocycles. The van der Waals surface area contributed by atoms with Crippen LogP contribution in [0.5, 0.6) is 0 Å². The molecule has 2 atom stereocenters. The van der Waals surface area contributed by atoms with Gasteiger partial charge in [0.15, 0.2) is 5.65 Å². The summed E-state index contributed by atoms with van der Waals surface area (Å²) < 4.78 is 5.31. The van der Waals surface area contributed by atoms with Crippen LogP contribution in [0.15, 0.2) is 83.5 Å². The van der Waals surface area contributed by atoms with Crippen molar-refractivity contribution in [1.29, 1.82) is 0 Å². The summed E-state index contributed by atoms with van der Waals surface area (Å²) in [5, 5.41) is 17.9. The van der Waals surface area contributed by atoms with Crippen molar-refractivity contribution in [3.63, 3.8) is 0 Å². The number of pyridine rings is 1. The first-order valence-corrected chi connectivity index (χ1v) is 20.2. The Hall–Kier alpha value is -6.41. The SMILES string of the molecule is Cc1cc(-c2[nH]nc3ncc(-c4ccc(N5CCN(CC(C)c6ccc(N7CCC(=O)NC7=O)cc6)CC5)cc4)cc23)ccc1[C@@H](C)NC(=O)c1noc(C(C)(C)C)n1. The maximum Gasteiger partial charge on any atom is 0.328 e. The number of urea groups is 1. The lowest BCUT2D eigenvalue weighted by molar-refractivity contribution is -0.120. The molecular weight excluding hydrogens is 745 g/mol. The minimum Gasteiger partial charge on any atom is -0.369 e. The highest BCUT2D eigenvalue weighted by atomic mass is 16.5. The van der Waals surface area contributed by atoms with Gasteiger partial charge >= 0.3 is 6.03 Å². The molecule has 8 rings (SSSR count). The summed E-state index contributed by atoms with van der Waals surface area (Å²) in [5.74, 6) is 0.164. The molecule has 2 aliphatic heterocycles. The van der Waals surface area contributed by atoms with Crippen molar-refractivity contribution in [2.75, 3.05) is 49.1 Å². The number of H-pyrrole nitrogens is 1. The van der Waals surface area contributed by atoms with Gasteiger partial charge in [0.1, 0.15) is 0 Å². The highest BCUT2D eigenvalue weighted by molar-refractivity contribution is 6.05. The number of nitrogens with zero attached hydrogens (tertiary/aromatic N) is 7. The number of carbonyl (C=O) groups is 3. The monoisotopic (exact) mass is 794 g/mol. The van der Waals surface area contributed by atoms with E-state index in [0.29, 0.717) is 30.4 Å². The zero-order chi connectivity index (χ0) is 41.4. The second kappa shape index (κ2) is 16.1. The fourth-order valence-corrected chi connectivity index (χ4v) is 7.89. The van der Waals surface area contributed by atoms with E-state index in [1.807, 2.05) is 65.1 Å². The lowest BCUT2D eigenvalue weighted by Gasteiger charge is -2.37. The van der Waals surface area contributed by atoms with Crippen LogP contribution >= 0.6 is 0 Å². The third kappa shape index (κ3) is 8.44. The largest absolute Gasteiger partial charge is 0.369 e. The number of fused-ring (bicyclic) bond motifs is 1. The number of piperazine rings is 1. The number of imide groups is 1. The molecule has 3 aromatic heterocycles. The third-order valence-corrected chi connectivity index (χ3v) is 11.4. The third-order valence-electron chi connectivity index (χ3n) is 11.4. The van der Waals surface area contributed by atoms with Gasteiger partial charge in [-0.15, -0.1) is 0 Å². The minimum atomic E-state index is -0.385. The van der Waals surface area contributed by atoms with Gasteiger partial charge in [-0.3, -0.25) is 29.8 Å². The molecule has 3 N–H and O–H groups in total. The molecule has 304 valence electrons. The number of benzene rings is 3. The Bertz CT molecular complexity index is 2490. The lowest BCUT2D eigenvalue weighted by Crippen LogP contribution is -2.49. The Labute approximate surface area is 343 Å². The summed E-state index contributed by atoms with van der Waals surface area (Å²) in [4.78, 5) is 52.3. The first kappa shape index (κ1) is 39.4. The number of hydrogen-bond acceptors (Lipinski definition) is 10. The molecule has 4 amide bonds. The van der Waals surface area contributed by atoms with Crippen molar-refractivity contribution >= 4 is 40.3 Å². The van der Waals surface area contributed by atoms with Gasteiger partial charge in [-0.25, -0.2) is 9.78 Å². The number of anilines is 2. The van der Waals surface area contributed by atoms with Crippen molar-refractivity contribution in [2.24, 2.45) is 0 Å². The van der Waals surface area contributed by atoms with Crippen LogP contribution in [0, 0.1) is 6.92 Å². The molecular formula is C45H50N10O4. The Balaban J connectivity index is 0.874. The predicted octanol–water partition coefficient (Wildman–Crippen LogP) is 7.14. The second-order valence-electron chi connectivity index (χ2n) is 16.7. The Morgan fingerprint density at radius 1 is 0.881 bits per heavy atom. The van der Waals surface area contributed by atoms with Crippen molar-refractivity contribution in [3.05, 3.63) is 107 Å². The molecule has 14 heteroatoms. The predicted molar refractivity (Wildman–Crippen MR) is 227 cm³/mol. The van der Waals surface area contributed by atoms with E-state index in [0.717, 1.165) is 77.3 Å². The quantitative estimate of drug-likeness (QED) is 0.130. The zero-order valence-electron chi connectivity index (χ0n) is 34.4. The van der Waals surface area contributed by atoms with Crippen LogP contribution in [0.2, 0.25) is 0 Å². The van der Waals surface area contributed by atoms with Gasteiger partial charge in [0.05, 0.1) is 11.7 Å². The molecule has 3 aromatic carbocycles. The van der Waals surface area contributed by atoms with Crippen molar-refractivity contribution in [3.8, 4) is 22.4 Å².